The molecule has 0 fully saturated rings. The Morgan fingerprint density at radius 3 is 2.44 bits per heavy atom. The minimum absolute atomic E-state index is 0.0705. The zero-order valence-corrected chi connectivity index (χ0v) is 30.9. The van der Waals surface area contributed by atoms with Crippen molar-refractivity contribution in [1.82, 2.24) is 0 Å². The molecule has 0 saturated heterocycles. The first-order chi connectivity index (χ1) is 24.1. The average Bonchev–Trinajstić information content (AvgIpc) is 3.47. The molecule has 3 aliphatic rings. The van der Waals surface area contributed by atoms with Gasteiger partial charge in [-0.3, -0.25) is 4.79 Å². The number of carbonyl (C=O) groups is 1. The molecule has 1 unspecified atom stereocenters. The Hall–Kier alpha value is -4.15. The van der Waals surface area contributed by atoms with Crippen LogP contribution in [0.25, 0.3) is 0 Å². The van der Waals surface area contributed by atoms with Gasteiger partial charge in [0.25, 0.3) is 0 Å². The predicted molar refractivity (Wildman–Crippen MR) is 205 cm³/mol. The fraction of sp³-hybridized carbons (Fsp3) is 0.386. The number of ether oxygens (including phenoxy) is 2. The van der Waals surface area contributed by atoms with Gasteiger partial charge < -0.3 is 14.4 Å². The van der Waals surface area contributed by atoms with E-state index in [-0.39, 0.29) is 22.7 Å². The number of hydrogen-bond acceptors (Lipinski definition) is 4. The first-order valence-electron chi connectivity index (χ1n) is 18.1. The van der Waals surface area contributed by atoms with Crippen LogP contribution in [0.2, 0.25) is 0 Å². The third-order valence-corrected chi connectivity index (χ3v) is 10.9. The van der Waals surface area contributed by atoms with Crippen LogP contribution < -0.4 is 9.64 Å². The molecule has 3 aromatic carbocycles. The fourth-order valence-corrected chi connectivity index (χ4v) is 8.05. The Balaban J connectivity index is 1.16. The molecule has 0 N–H and O–H groups in total. The Bertz CT molecular complexity index is 1880. The monoisotopic (exact) mass is 689 g/mol. The van der Waals surface area contributed by atoms with E-state index < -0.39 is 0 Å². The number of rotatable bonds is 12. The molecule has 0 saturated carbocycles. The highest BCUT2D eigenvalue weighted by Crippen LogP contribution is 2.47. The maximum Gasteiger partial charge on any atom is 0.311 e. The molecule has 3 aromatic rings. The molecular formula is C44H50ClN2O3+. The summed E-state index contributed by atoms with van der Waals surface area (Å²) < 4.78 is 13.9. The molecule has 0 amide bonds. The SMILES string of the molecule is CC[N+]1=C(/C=C/C2=C(Cl)C(C=C=C3N(CCOCCCC(=O)Oc4ccccc4)c4ccccc4C3(C)C)CCC2)C(C)(C)c2ccccc21. The molecule has 2 heterocycles. The van der Waals surface area contributed by atoms with Gasteiger partial charge in [-0.1, -0.05) is 72.3 Å². The van der Waals surface area contributed by atoms with Gasteiger partial charge in [0.2, 0.25) is 5.69 Å². The Morgan fingerprint density at radius 2 is 1.66 bits per heavy atom. The molecule has 6 rings (SSSR count). The van der Waals surface area contributed by atoms with Crippen LogP contribution in [0.4, 0.5) is 11.4 Å². The molecule has 2 aliphatic heterocycles. The van der Waals surface area contributed by atoms with Crippen LogP contribution >= 0.6 is 11.6 Å². The first kappa shape index (κ1) is 35.7. The highest BCUT2D eigenvalue weighted by atomic mass is 35.5. The second-order valence-corrected chi connectivity index (χ2v) is 14.8. The van der Waals surface area contributed by atoms with Gasteiger partial charge in [-0.05, 0) is 95.7 Å². The smallest absolute Gasteiger partial charge is 0.311 e. The molecule has 50 heavy (non-hydrogen) atoms. The van der Waals surface area contributed by atoms with E-state index >= 15 is 0 Å². The van der Waals surface area contributed by atoms with Crippen LogP contribution in [0.5, 0.6) is 5.75 Å². The number of halogens is 1. The Labute approximate surface area is 303 Å². The van der Waals surface area contributed by atoms with Crippen molar-refractivity contribution >= 4 is 34.7 Å². The summed E-state index contributed by atoms with van der Waals surface area (Å²) in [5.74, 6) is 0.446. The number of carbonyl (C=O) groups excluding carboxylic acids is 1. The molecule has 260 valence electrons. The largest absolute Gasteiger partial charge is 0.427 e. The zero-order chi connectivity index (χ0) is 35.3. The maximum atomic E-state index is 12.2. The molecule has 6 heteroatoms. The van der Waals surface area contributed by atoms with Crippen molar-refractivity contribution in [2.75, 3.05) is 31.2 Å². The van der Waals surface area contributed by atoms with Gasteiger partial charge in [0, 0.05) is 59.3 Å². The number of hydrogen-bond donors (Lipinski definition) is 0. The number of esters is 1. The number of para-hydroxylation sites is 3. The quantitative estimate of drug-likeness (QED) is 0.0624. The number of allylic oxidation sites excluding steroid dienone is 5. The summed E-state index contributed by atoms with van der Waals surface area (Å²) in [6.45, 7) is 14.0. The minimum Gasteiger partial charge on any atom is -0.427 e. The predicted octanol–water partition coefficient (Wildman–Crippen LogP) is 10.2. The van der Waals surface area contributed by atoms with E-state index in [0.29, 0.717) is 38.3 Å². The van der Waals surface area contributed by atoms with Gasteiger partial charge in [-0.15, -0.1) is 5.73 Å². The fourth-order valence-electron chi connectivity index (χ4n) is 7.72. The molecule has 5 nitrogen and oxygen atoms in total. The van der Waals surface area contributed by atoms with Crippen LogP contribution in [0.15, 0.2) is 119 Å². The maximum absolute atomic E-state index is 12.2. The standard InChI is InChI=1S/C44H50ClN2O3/c1-6-46-37-22-12-10-20-35(37)43(2,3)39(46)27-25-32-16-14-17-33(42(32)45)26-28-40-44(4,5)36-21-11-13-23-38(36)47(40)29-31-49-30-15-24-41(48)50-34-18-8-7-9-19-34/h7-13,18-23,25-27,33H,6,14-17,24,29-31H2,1-5H3/q+1/b27-25+. The molecule has 1 aliphatic carbocycles. The molecule has 1 atom stereocenters. The number of benzene rings is 3. The van der Waals surface area contributed by atoms with Crippen LogP contribution in [0.1, 0.15) is 77.8 Å². The third kappa shape index (κ3) is 7.32. The summed E-state index contributed by atoms with van der Waals surface area (Å²) in [6, 6.07) is 26.5. The summed E-state index contributed by atoms with van der Waals surface area (Å²) in [5.41, 5.74) is 12.3. The summed E-state index contributed by atoms with van der Waals surface area (Å²) >= 11 is 7.20. The number of nitrogens with zero attached hydrogens (tertiary/aromatic N) is 2. The van der Waals surface area contributed by atoms with Gasteiger partial charge in [0.15, 0.2) is 5.71 Å². The van der Waals surface area contributed by atoms with Crippen molar-refractivity contribution in [1.29, 1.82) is 0 Å². The topological polar surface area (TPSA) is 41.8 Å². The molecule has 0 spiro atoms. The van der Waals surface area contributed by atoms with Crippen LogP contribution in [-0.2, 0) is 20.4 Å². The molecule has 0 bridgehead atoms. The second-order valence-electron chi connectivity index (χ2n) is 14.4. The van der Waals surface area contributed by atoms with Crippen molar-refractivity contribution in [3.63, 3.8) is 0 Å². The van der Waals surface area contributed by atoms with Crippen LogP contribution in [0.3, 0.4) is 0 Å². The van der Waals surface area contributed by atoms with Crippen LogP contribution in [-0.4, -0.2) is 42.6 Å². The lowest BCUT2D eigenvalue weighted by molar-refractivity contribution is -0.433. The Morgan fingerprint density at radius 1 is 0.940 bits per heavy atom. The lowest BCUT2D eigenvalue weighted by Crippen LogP contribution is -2.29. The average molecular weight is 690 g/mol. The van der Waals surface area contributed by atoms with Gasteiger partial charge in [0.1, 0.15) is 12.3 Å². The van der Waals surface area contributed by atoms with E-state index in [0.717, 1.165) is 36.5 Å². The van der Waals surface area contributed by atoms with E-state index in [2.05, 4.69) is 117 Å². The van der Waals surface area contributed by atoms with Crippen LogP contribution in [0, 0.1) is 5.92 Å². The Kier molecular flexibility index (Phi) is 11.0. The van der Waals surface area contributed by atoms with Crippen molar-refractivity contribution < 1.29 is 18.8 Å². The highest BCUT2D eigenvalue weighted by molar-refractivity contribution is 6.30. The summed E-state index contributed by atoms with van der Waals surface area (Å²) in [4.78, 5) is 14.6. The molecule has 0 aromatic heterocycles. The van der Waals surface area contributed by atoms with Crippen molar-refractivity contribution in [3.8, 4) is 5.75 Å². The van der Waals surface area contributed by atoms with E-state index in [9.17, 15) is 4.79 Å². The van der Waals surface area contributed by atoms with E-state index in [4.69, 9.17) is 21.1 Å². The molecular weight excluding hydrogens is 640 g/mol. The van der Waals surface area contributed by atoms with Gasteiger partial charge >= 0.3 is 5.97 Å². The van der Waals surface area contributed by atoms with Crippen molar-refractivity contribution in [2.45, 2.75) is 77.6 Å². The number of anilines is 1. The van der Waals surface area contributed by atoms with Gasteiger partial charge in [-0.25, -0.2) is 0 Å². The van der Waals surface area contributed by atoms with Crippen molar-refractivity contribution in [2.24, 2.45) is 5.92 Å². The molecule has 0 radical (unpaired) electrons. The lowest BCUT2D eigenvalue weighted by atomic mass is 9.81. The summed E-state index contributed by atoms with van der Waals surface area (Å²) in [6.07, 6.45) is 10.8. The minimum atomic E-state index is -0.242. The van der Waals surface area contributed by atoms with E-state index in [1.165, 1.54) is 33.8 Å². The van der Waals surface area contributed by atoms with E-state index in [1.807, 2.05) is 18.2 Å². The lowest BCUT2D eigenvalue weighted by Gasteiger charge is -2.26. The van der Waals surface area contributed by atoms with Crippen molar-refractivity contribution in [3.05, 3.63) is 130 Å². The number of fused-ring (bicyclic) bond motifs is 2. The zero-order valence-electron chi connectivity index (χ0n) is 30.2. The van der Waals surface area contributed by atoms with Gasteiger partial charge in [-0.2, -0.15) is 4.58 Å². The summed E-state index contributed by atoms with van der Waals surface area (Å²) in [7, 11) is 0. The normalized spacial score (nSPS) is 19.1. The van der Waals surface area contributed by atoms with E-state index in [1.54, 1.807) is 12.1 Å². The van der Waals surface area contributed by atoms with Gasteiger partial charge in [0.05, 0.1) is 17.7 Å². The summed E-state index contributed by atoms with van der Waals surface area (Å²) in [5, 5.41) is 0.923. The third-order valence-electron chi connectivity index (χ3n) is 10.4. The first-order valence-corrected chi connectivity index (χ1v) is 18.5. The second kappa shape index (κ2) is 15.4. The highest BCUT2D eigenvalue weighted by Gasteiger charge is 2.43.